The summed E-state index contributed by atoms with van der Waals surface area (Å²) in [5.41, 5.74) is 4.15. The molecule has 0 aromatic heterocycles. The van der Waals surface area contributed by atoms with E-state index >= 15 is 0 Å². The van der Waals surface area contributed by atoms with E-state index < -0.39 is 18.9 Å². The molecule has 0 aliphatic heterocycles. The number of rotatable bonds is 5. The molecule has 0 bridgehead atoms. The molecule has 0 saturated heterocycles. The summed E-state index contributed by atoms with van der Waals surface area (Å²) < 4.78 is 10.9. The van der Waals surface area contributed by atoms with Gasteiger partial charge in [0.1, 0.15) is 5.54 Å². The third-order valence-electron chi connectivity index (χ3n) is 2.03. The molecule has 0 amide bonds. The molecular weight excluding hydrogens is 193 g/mol. The Balaban J connectivity index is 4.31. The van der Waals surface area contributed by atoms with E-state index in [0.717, 1.165) is 0 Å². The molecule has 5 nitrogen and oxygen atoms in total. The Morgan fingerprint density at radius 3 is 2.31 bits per heavy atom. The first-order valence-electron chi connectivity index (χ1n) is 4.03. The van der Waals surface area contributed by atoms with Crippen molar-refractivity contribution in [3.8, 4) is 0 Å². The number of hydrogen-bond acceptors (Lipinski definition) is 3. The van der Waals surface area contributed by atoms with Crippen LogP contribution in [0.1, 0.15) is 19.8 Å². The van der Waals surface area contributed by atoms with Gasteiger partial charge in [0.15, 0.2) is 7.37 Å². The molecule has 0 aliphatic carbocycles. The van der Waals surface area contributed by atoms with Crippen molar-refractivity contribution < 1.29 is 19.4 Å². The third kappa shape index (κ3) is 4.41. The summed E-state index contributed by atoms with van der Waals surface area (Å²) in [6, 6.07) is 0. The van der Waals surface area contributed by atoms with Crippen LogP contribution < -0.4 is 5.73 Å². The lowest BCUT2D eigenvalue weighted by molar-refractivity contribution is -0.143. The van der Waals surface area contributed by atoms with Gasteiger partial charge in [-0.15, -0.1) is 0 Å². The lowest BCUT2D eigenvalue weighted by Gasteiger charge is -2.23. The Hall–Kier alpha value is -0.380. The fraction of sp³-hybridized carbons (Fsp3) is 0.857. The summed E-state index contributed by atoms with van der Waals surface area (Å²) in [5.74, 6) is -1.12. The molecule has 78 valence electrons. The molecule has 6 heteroatoms. The van der Waals surface area contributed by atoms with Crippen molar-refractivity contribution in [2.24, 2.45) is 5.73 Å². The van der Waals surface area contributed by atoms with Gasteiger partial charge in [-0.25, -0.2) is 0 Å². The second kappa shape index (κ2) is 4.22. The summed E-state index contributed by atoms with van der Waals surface area (Å²) >= 11 is 0. The minimum atomic E-state index is -3.16. The van der Waals surface area contributed by atoms with Crippen molar-refractivity contribution in [2.45, 2.75) is 25.3 Å². The largest absolute Gasteiger partial charge is 0.480 e. The minimum absolute atomic E-state index is 0.0309. The average molecular weight is 209 g/mol. The van der Waals surface area contributed by atoms with Crippen LogP contribution >= 0.6 is 7.37 Å². The van der Waals surface area contributed by atoms with Crippen molar-refractivity contribution in [1.82, 2.24) is 0 Å². The molecule has 0 heterocycles. The van der Waals surface area contributed by atoms with Gasteiger partial charge in [0, 0.05) is 12.8 Å². The van der Waals surface area contributed by atoms with E-state index in [9.17, 15) is 9.36 Å². The summed E-state index contributed by atoms with van der Waals surface area (Å²) in [7, 11) is -3.16. The van der Waals surface area contributed by atoms with Gasteiger partial charge in [-0.05, 0) is 12.8 Å². The molecule has 0 fully saturated rings. The summed E-state index contributed by atoms with van der Waals surface area (Å²) in [6.07, 6.45) is 0.231. The van der Waals surface area contributed by atoms with Crippen LogP contribution in [0.3, 0.4) is 0 Å². The molecule has 0 rings (SSSR count). The highest BCUT2D eigenvalue weighted by Crippen LogP contribution is 2.37. The summed E-state index contributed by atoms with van der Waals surface area (Å²) in [4.78, 5) is 19.6. The van der Waals surface area contributed by atoms with Crippen LogP contribution in [0.2, 0.25) is 0 Å². The number of hydrogen-bond donors (Lipinski definition) is 3. The Bertz CT molecular complexity index is 237. The number of aliphatic carboxylic acids is 1. The molecule has 0 saturated carbocycles. The molecule has 4 N–H and O–H groups in total. The van der Waals surface area contributed by atoms with Crippen molar-refractivity contribution in [1.29, 1.82) is 0 Å². The zero-order valence-corrected chi connectivity index (χ0v) is 8.75. The predicted octanol–water partition coefficient (Wildman–Crippen LogP) is 0.469. The number of carboxylic acid groups (broad SMARTS) is 1. The Morgan fingerprint density at radius 2 is 2.08 bits per heavy atom. The van der Waals surface area contributed by atoms with Gasteiger partial charge < -0.3 is 15.7 Å². The van der Waals surface area contributed by atoms with E-state index in [1.807, 2.05) is 0 Å². The SMILES string of the molecule is CC[C@@](N)(CCP(C)(=O)O)C(=O)O. The maximum absolute atomic E-state index is 10.9. The van der Waals surface area contributed by atoms with Gasteiger partial charge in [-0.2, -0.15) is 0 Å². The van der Waals surface area contributed by atoms with Crippen molar-refractivity contribution >= 4 is 13.3 Å². The highest BCUT2D eigenvalue weighted by Gasteiger charge is 2.33. The fourth-order valence-corrected chi connectivity index (χ4v) is 1.66. The van der Waals surface area contributed by atoms with E-state index in [-0.39, 0.29) is 19.0 Å². The average Bonchev–Trinajstić information content (AvgIpc) is 1.98. The first-order valence-corrected chi connectivity index (χ1v) is 6.32. The van der Waals surface area contributed by atoms with E-state index in [1.54, 1.807) is 6.92 Å². The quantitative estimate of drug-likeness (QED) is 0.571. The maximum atomic E-state index is 10.9. The molecule has 2 atom stereocenters. The number of carbonyl (C=O) groups is 1. The van der Waals surface area contributed by atoms with Gasteiger partial charge in [-0.3, -0.25) is 9.36 Å². The van der Waals surface area contributed by atoms with Crippen LogP contribution in [-0.2, 0) is 9.36 Å². The van der Waals surface area contributed by atoms with E-state index in [2.05, 4.69) is 0 Å². The normalized spacial score (nSPS) is 20.3. The van der Waals surface area contributed by atoms with E-state index in [1.165, 1.54) is 6.66 Å². The van der Waals surface area contributed by atoms with Crippen molar-refractivity contribution in [3.05, 3.63) is 0 Å². The first-order chi connectivity index (χ1) is 5.71. The second-order valence-electron chi connectivity index (χ2n) is 3.34. The lowest BCUT2D eigenvalue weighted by Crippen LogP contribution is -2.47. The Morgan fingerprint density at radius 1 is 1.62 bits per heavy atom. The van der Waals surface area contributed by atoms with Gasteiger partial charge in [-0.1, -0.05) is 6.92 Å². The van der Waals surface area contributed by atoms with Crippen LogP contribution in [0, 0.1) is 0 Å². The summed E-state index contributed by atoms with van der Waals surface area (Å²) in [6.45, 7) is 2.84. The van der Waals surface area contributed by atoms with Crippen LogP contribution in [0.15, 0.2) is 0 Å². The topological polar surface area (TPSA) is 101 Å². The van der Waals surface area contributed by atoms with E-state index in [0.29, 0.717) is 0 Å². The number of carboxylic acids is 1. The van der Waals surface area contributed by atoms with E-state index in [4.69, 9.17) is 15.7 Å². The van der Waals surface area contributed by atoms with Gasteiger partial charge in [0.2, 0.25) is 0 Å². The molecule has 13 heavy (non-hydrogen) atoms. The molecule has 1 unspecified atom stereocenters. The molecule has 0 aromatic rings. The first kappa shape index (κ1) is 12.6. The maximum Gasteiger partial charge on any atom is 0.323 e. The summed E-state index contributed by atoms with van der Waals surface area (Å²) in [5, 5.41) is 8.73. The Labute approximate surface area is 77.4 Å². The predicted molar refractivity (Wildman–Crippen MR) is 50.1 cm³/mol. The van der Waals surface area contributed by atoms with Gasteiger partial charge >= 0.3 is 5.97 Å². The molecule has 0 radical (unpaired) electrons. The Kier molecular flexibility index (Phi) is 4.10. The second-order valence-corrected chi connectivity index (χ2v) is 5.89. The fourth-order valence-electron chi connectivity index (χ4n) is 0.842. The highest BCUT2D eigenvalue weighted by atomic mass is 31.2. The zero-order chi connectivity index (χ0) is 10.7. The van der Waals surface area contributed by atoms with Crippen molar-refractivity contribution in [3.63, 3.8) is 0 Å². The number of nitrogens with two attached hydrogens (primary N) is 1. The van der Waals surface area contributed by atoms with Crippen LogP contribution in [0.5, 0.6) is 0 Å². The highest BCUT2D eigenvalue weighted by molar-refractivity contribution is 7.57. The molecule has 0 spiro atoms. The van der Waals surface area contributed by atoms with Crippen LogP contribution in [-0.4, -0.2) is 34.3 Å². The lowest BCUT2D eigenvalue weighted by atomic mass is 9.95. The standard InChI is InChI=1S/C7H16NO4P/c1-3-7(8,6(9)10)4-5-13(2,11)12/h3-5,8H2,1-2H3,(H,9,10)(H,11,12)/t7-/m1/s1. The molecule has 0 aromatic carbocycles. The van der Waals surface area contributed by atoms with Crippen molar-refractivity contribution in [2.75, 3.05) is 12.8 Å². The van der Waals surface area contributed by atoms with Crippen LogP contribution in [0.4, 0.5) is 0 Å². The molecular formula is C7H16NO4P. The monoisotopic (exact) mass is 209 g/mol. The minimum Gasteiger partial charge on any atom is -0.480 e. The van der Waals surface area contributed by atoms with Gasteiger partial charge in [0.05, 0.1) is 0 Å². The van der Waals surface area contributed by atoms with Gasteiger partial charge in [0.25, 0.3) is 0 Å². The molecule has 0 aliphatic rings. The third-order valence-corrected chi connectivity index (χ3v) is 3.08. The smallest absolute Gasteiger partial charge is 0.323 e. The van der Waals surface area contributed by atoms with Crippen LogP contribution in [0.25, 0.3) is 0 Å². The zero-order valence-electron chi connectivity index (χ0n) is 7.86.